The number of aliphatic imine (C=N–C) groups is 1. The van der Waals surface area contributed by atoms with E-state index in [2.05, 4.69) is 58.9 Å². The molecule has 0 radical (unpaired) electrons. The Bertz CT molecular complexity index is 610. The van der Waals surface area contributed by atoms with E-state index < -0.39 is 0 Å². The van der Waals surface area contributed by atoms with Crippen molar-refractivity contribution in [2.45, 2.75) is 39.2 Å². The Hall–Kier alpha value is -1.57. The summed E-state index contributed by atoms with van der Waals surface area (Å²) in [7, 11) is 1.77. The van der Waals surface area contributed by atoms with Crippen LogP contribution in [0.25, 0.3) is 0 Å². The lowest BCUT2D eigenvalue weighted by Crippen LogP contribution is -2.37. The minimum Gasteiger partial charge on any atom is -0.359 e. The van der Waals surface area contributed by atoms with E-state index in [9.17, 15) is 0 Å². The molecule has 0 saturated carbocycles. The van der Waals surface area contributed by atoms with Crippen molar-refractivity contribution in [2.24, 2.45) is 4.99 Å². The summed E-state index contributed by atoms with van der Waals surface area (Å²) in [4.78, 5) is 4.22. The fourth-order valence-corrected chi connectivity index (χ4v) is 2.22. The van der Waals surface area contributed by atoms with Gasteiger partial charge in [0.15, 0.2) is 11.7 Å². The lowest BCUT2D eigenvalue weighted by Gasteiger charge is -2.10. The van der Waals surface area contributed by atoms with Gasteiger partial charge in [0, 0.05) is 19.7 Å². The number of hydrogen-bond donors (Lipinski definition) is 2. The zero-order valence-corrected chi connectivity index (χ0v) is 16.9. The molecule has 1 aromatic carbocycles. The largest absolute Gasteiger partial charge is 0.359 e. The molecule has 0 atom stereocenters. The molecule has 0 aliphatic heterocycles. The van der Waals surface area contributed by atoms with E-state index in [4.69, 9.17) is 4.52 Å². The van der Waals surface area contributed by atoms with Gasteiger partial charge < -0.3 is 15.2 Å². The minimum atomic E-state index is 0. The molecule has 5 nitrogen and oxygen atoms in total. The van der Waals surface area contributed by atoms with Crippen molar-refractivity contribution in [3.8, 4) is 0 Å². The fraction of sp³-hybridized carbons (Fsp3) is 0.444. The predicted molar refractivity (Wildman–Crippen MR) is 109 cm³/mol. The van der Waals surface area contributed by atoms with Crippen molar-refractivity contribution in [1.29, 1.82) is 0 Å². The molecular weight excluding hydrogens is 415 g/mol. The average Bonchev–Trinajstić information content (AvgIpc) is 3.04. The Kier molecular flexibility index (Phi) is 9.44. The third kappa shape index (κ3) is 6.90. The first-order valence-electron chi connectivity index (χ1n) is 8.13. The first kappa shape index (κ1) is 20.5. The summed E-state index contributed by atoms with van der Waals surface area (Å²) in [5.74, 6) is 1.98. The molecule has 0 amide bonds. The van der Waals surface area contributed by atoms with Gasteiger partial charge in [-0.1, -0.05) is 49.3 Å². The fourth-order valence-electron chi connectivity index (χ4n) is 2.22. The van der Waals surface area contributed by atoms with Crippen LogP contribution in [0, 0.1) is 0 Å². The van der Waals surface area contributed by atoms with Gasteiger partial charge in [0.05, 0.1) is 12.2 Å². The summed E-state index contributed by atoms with van der Waals surface area (Å²) in [6, 6.07) is 12.5. The van der Waals surface area contributed by atoms with Gasteiger partial charge >= 0.3 is 0 Å². The van der Waals surface area contributed by atoms with E-state index >= 15 is 0 Å². The van der Waals surface area contributed by atoms with E-state index in [-0.39, 0.29) is 24.0 Å². The second kappa shape index (κ2) is 11.1. The molecule has 2 N–H and O–H groups in total. The second-order valence-corrected chi connectivity index (χ2v) is 5.81. The molecule has 6 heteroatoms. The molecule has 0 aliphatic rings. The van der Waals surface area contributed by atoms with Crippen LogP contribution in [0.5, 0.6) is 0 Å². The lowest BCUT2D eigenvalue weighted by atomic mass is 10.1. The van der Waals surface area contributed by atoms with Crippen LogP contribution in [0.4, 0.5) is 0 Å². The Labute approximate surface area is 161 Å². The predicted octanol–water partition coefficient (Wildman–Crippen LogP) is 3.71. The molecule has 0 aliphatic carbocycles. The van der Waals surface area contributed by atoms with Gasteiger partial charge in [-0.3, -0.25) is 4.99 Å². The highest BCUT2D eigenvalue weighted by atomic mass is 127. The van der Waals surface area contributed by atoms with Gasteiger partial charge in [-0.2, -0.15) is 0 Å². The summed E-state index contributed by atoms with van der Waals surface area (Å²) in [6.07, 6.45) is 2.12. The van der Waals surface area contributed by atoms with Crippen molar-refractivity contribution >= 4 is 29.9 Å². The molecule has 0 saturated heterocycles. The van der Waals surface area contributed by atoms with E-state index in [1.165, 1.54) is 5.56 Å². The van der Waals surface area contributed by atoms with Gasteiger partial charge in [0.1, 0.15) is 0 Å². The highest BCUT2D eigenvalue weighted by Crippen LogP contribution is 2.13. The summed E-state index contributed by atoms with van der Waals surface area (Å²) in [5.41, 5.74) is 2.34. The van der Waals surface area contributed by atoms with Gasteiger partial charge in [0.25, 0.3) is 0 Å². The summed E-state index contributed by atoms with van der Waals surface area (Å²) >= 11 is 0. The highest BCUT2D eigenvalue weighted by molar-refractivity contribution is 14.0. The first-order valence-corrected chi connectivity index (χ1v) is 8.13. The molecule has 132 valence electrons. The van der Waals surface area contributed by atoms with Crippen molar-refractivity contribution in [3.63, 3.8) is 0 Å². The Balaban J connectivity index is 0.00000288. The van der Waals surface area contributed by atoms with Gasteiger partial charge in [-0.25, -0.2) is 0 Å². The number of aryl methyl sites for hydroxylation is 1. The van der Waals surface area contributed by atoms with Crippen LogP contribution in [0.3, 0.4) is 0 Å². The van der Waals surface area contributed by atoms with Crippen LogP contribution >= 0.6 is 24.0 Å². The molecule has 1 aromatic heterocycles. The van der Waals surface area contributed by atoms with E-state index in [0.29, 0.717) is 12.5 Å². The number of rotatable bonds is 7. The maximum absolute atomic E-state index is 5.31. The quantitative estimate of drug-likeness (QED) is 0.297. The zero-order chi connectivity index (χ0) is 16.5. The number of nitrogens with zero attached hydrogens (tertiary/aromatic N) is 2. The van der Waals surface area contributed by atoms with Crippen LogP contribution in [0.15, 0.2) is 45.9 Å². The van der Waals surface area contributed by atoms with E-state index in [1.807, 2.05) is 12.1 Å². The molecule has 0 spiro atoms. The SMILES string of the molecule is CN=C(NCCCc1ccccc1)NCc1cc(C(C)C)no1.I. The van der Waals surface area contributed by atoms with Crippen molar-refractivity contribution in [2.75, 3.05) is 13.6 Å². The monoisotopic (exact) mass is 442 g/mol. The van der Waals surface area contributed by atoms with Crippen LogP contribution in [0.2, 0.25) is 0 Å². The van der Waals surface area contributed by atoms with E-state index in [1.54, 1.807) is 7.05 Å². The smallest absolute Gasteiger partial charge is 0.191 e. The maximum atomic E-state index is 5.31. The minimum absolute atomic E-state index is 0. The highest BCUT2D eigenvalue weighted by Gasteiger charge is 2.08. The number of hydrogen-bond acceptors (Lipinski definition) is 3. The van der Waals surface area contributed by atoms with Crippen molar-refractivity contribution < 1.29 is 4.52 Å². The summed E-state index contributed by atoms with van der Waals surface area (Å²) < 4.78 is 5.31. The van der Waals surface area contributed by atoms with Crippen molar-refractivity contribution in [3.05, 3.63) is 53.4 Å². The van der Waals surface area contributed by atoms with E-state index in [0.717, 1.165) is 36.8 Å². The average molecular weight is 442 g/mol. The molecule has 0 fully saturated rings. The Morgan fingerprint density at radius 3 is 2.58 bits per heavy atom. The number of halogens is 1. The molecule has 1 heterocycles. The molecule has 2 aromatic rings. The van der Waals surface area contributed by atoms with Gasteiger partial charge in [-0.05, 0) is 24.3 Å². The lowest BCUT2D eigenvalue weighted by molar-refractivity contribution is 0.372. The van der Waals surface area contributed by atoms with Gasteiger partial charge in [-0.15, -0.1) is 24.0 Å². The number of benzene rings is 1. The Morgan fingerprint density at radius 2 is 1.96 bits per heavy atom. The number of guanidine groups is 1. The van der Waals surface area contributed by atoms with Crippen LogP contribution < -0.4 is 10.6 Å². The third-order valence-corrected chi connectivity index (χ3v) is 3.60. The molecule has 0 unspecified atom stereocenters. The number of aromatic nitrogens is 1. The molecule has 0 bridgehead atoms. The Morgan fingerprint density at radius 1 is 1.21 bits per heavy atom. The third-order valence-electron chi connectivity index (χ3n) is 3.60. The first-order chi connectivity index (χ1) is 11.2. The van der Waals surface area contributed by atoms with Crippen LogP contribution in [0.1, 0.15) is 43.2 Å². The van der Waals surface area contributed by atoms with Crippen LogP contribution in [-0.2, 0) is 13.0 Å². The molecular formula is C18H27IN4O. The van der Waals surface area contributed by atoms with Crippen LogP contribution in [-0.4, -0.2) is 24.7 Å². The van der Waals surface area contributed by atoms with Gasteiger partial charge in [0.2, 0.25) is 0 Å². The summed E-state index contributed by atoms with van der Waals surface area (Å²) in [5, 5.41) is 10.6. The van der Waals surface area contributed by atoms with Crippen molar-refractivity contribution in [1.82, 2.24) is 15.8 Å². The topological polar surface area (TPSA) is 62.5 Å². The zero-order valence-electron chi connectivity index (χ0n) is 14.6. The molecule has 2 rings (SSSR count). The summed E-state index contributed by atoms with van der Waals surface area (Å²) in [6.45, 7) is 5.66. The number of nitrogens with one attached hydrogen (secondary N) is 2. The molecule has 24 heavy (non-hydrogen) atoms. The second-order valence-electron chi connectivity index (χ2n) is 5.81. The normalized spacial score (nSPS) is 11.2. The maximum Gasteiger partial charge on any atom is 0.191 e. The standard InChI is InChI=1S/C18H26N4O.HI/c1-14(2)17-12-16(23-22-17)13-21-18(19-3)20-11-7-10-15-8-5-4-6-9-15;/h4-6,8-9,12,14H,7,10-11,13H2,1-3H3,(H2,19,20,21);1H.